The van der Waals surface area contributed by atoms with Crippen LogP contribution in [0.15, 0.2) is 47.4 Å². The van der Waals surface area contributed by atoms with Crippen molar-refractivity contribution in [1.29, 1.82) is 0 Å². The fraction of sp³-hybridized carbons (Fsp3) is 0.480. The maximum atomic E-state index is 13.2. The van der Waals surface area contributed by atoms with Crippen LogP contribution in [-0.4, -0.2) is 31.7 Å². The Morgan fingerprint density at radius 1 is 1.09 bits per heavy atom. The van der Waals surface area contributed by atoms with Gasteiger partial charge in [0.15, 0.2) is 0 Å². The molecule has 0 bridgehead atoms. The Kier molecular flexibility index (Phi) is 6.96. The molecule has 1 aliphatic carbocycles. The van der Waals surface area contributed by atoms with Crippen LogP contribution in [-0.2, 0) is 27.7 Å². The number of fused-ring (bicyclic) bond motifs is 1. The minimum atomic E-state index is -3.76. The molecule has 4 rings (SSSR count). The number of carbonyl (C=O) groups is 1. The zero-order chi connectivity index (χ0) is 22.7. The van der Waals surface area contributed by atoms with E-state index in [1.165, 1.54) is 40.4 Å². The van der Waals surface area contributed by atoms with Gasteiger partial charge in [-0.3, -0.25) is 4.79 Å². The number of benzene rings is 2. The summed E-state index contributed by atoms with van der Waals surface area (Å²) in [5.74, 6) is -0.980. The Morgan fingerprint density at radius 3 is 2.53 bits per heavy atom. The minimum absolute atomic E-state index is 0.0560. The van der Waals surface area contributed by atoms with Crippen molar-refractivity contribution in [1.82, 2.24) is 9.62 Å². The Labute approximate surface area is 190 Å². The summed E-state index contributed by atoms with van der Waals surface area (Å²) in [7, 11) is -3.76. The molecule has 1 fully saturated rings. The van der Waals surface area contributed by atoms with E-state index in [1.54, 1.807) is 0 Å². The standard InChI is InChI=1S/C25H31FN2O3S/c1-2-24(20-10-9-18-6-3-4-7-19(18)16-20)27-25(29)21-8-5-15-28(17-21)32(30,31)23-13-11-22(26)12-14-23/h9-14,16,21,24H,2-8,15,17H2,1H3,(H,27,29)/t21-,24-/m0/s1. The molecular weight excluding hydrogens is 427 g/mol. The van der Waals surface area contributed by atoms with Crippen LogP contribution >= 0.6 is 0 Å². The number of rotatable bonds is 6. The molecule has 2 atom stereocenters. The van der Waals surface area contributed by atoms with E-state index in [9.17, 15) is 17.6 Å². The largest absolute Gasteiger partial charge is 0.349 e. The maximum absolute atomic E-state index is 13.2. The van der Waals surface area contributed by atoms with Crippen molar-refractivity contribution >= 4 is 15.9 Å². The predicted molar refractivity (Wildman–Crippen MR) is 122 cm³/mol. The zero-order valence-electron chi connectivity index (χ0n) is 18.5. The Balaban J connectivity index is 1.45. The third kappa shape index (κ3) is 4.89. The highest BCUT2D eigenvalue weighted by molar-refractivity contribution is 7.89. The topological polar surface area (TPSA) is 66.5 Å². The van der Waals surface area contributed by atoms with Crippen molar-refractivity contribution in [3.63, 3.8) is 0 Å². The van der Waals surface area contributed by atoms with Gasteiger partial charge in [-0.05, 0) is 85.9 Å². The summed E-state index contributed by atoms with van der Waals surface area (Å²) in [6, 6.07) is 11.3. The number of hydrogen-bond acceptors (Lipinski definition) is 3. The van der Waals surface area contributed by atoms with E-state index in [0.29, 0.717) is 19.4 Å². The summed E-state index contributed by atoms with van der Waals surface area (Å²) >= 11 is 0. The van der Waals surface area contributed by atoms with Gasteiger partial charge in [0.25, 0.3) is 0 Å². The SMILES string of the molecule is CC[C@H](NC(=O)[C@H]1CCCN(S(=O)(=O)c2ccc(F)cc2)C1)c1ccc2c(c1)CCCC2. The molecule has 172 valence electrons. The molecule has 0 saturated carbocycles. The highest BCUT2D eigenvalue weighted by Crippen LogP contribution is 2.28. The molecule has 1 aliphatic heterocycles. The highest BCUT2D eigenvalue weighted by atomic mass is 32.2. The average Bonchev–Trinajstić information content (AvgIpc) is 2.82. The second-order valence-electron chi connectivity index (χ2n) is 8.86. The van der Waals surface area contributed by atoms with E-state index in [2.05, 4.69) is 30.4 Å². The Morgan fingerprint density at radius 2 is 1.81 bits per heavy atom. The lowest BCUT2D eigenvalue weighted by Crippen LogP contribution is -2.46. The van der Waals surface area contributed by atoms with Crippen LogP contribution in [0.4, 0.5) is 4.39 Å². The summed E-state index contributed by atoms with van der Waals surface area (Å²) in [6.45, 7) is 2.56. The van der Waals surface area contributed by atoms with Gasteiger partial charge in [0.1, 0.15) is 5.82 Å². The number of nitrogens with one attached hydrogen (secondary N) is 1. The summed E-state index contributed by atoms with van der Waals surface area (Å²) in [5.41, 5.74) is 3.92. The van der Waals surface area contributed by atoms with Crippen molar-refractivity contribution in [2.75, 3.05) is 13.1 Å². The molecule has 1 saturated heterocycles. The summed E-state index contributed by atoms with van der Waals surface area (Å²) in [6.07, 6.45) is 6.70. The first kappa shape index (κ1) is 22.9. The lowest BCUT2D eigenvalue weighted by atomic mass is 9.88. The fourth-order valence-electron chi connectivity index (χ4n) is 4.81. The molecule has 2 aromatic rings. The number of aryl methyl sites for hydroxylation is 2. The van der Waals surface area contributed by atoms with Gasteiger partial charge in [0.2, 0.25) is 15.9 Å². The van der Waals surface area contributed by atoms with E-state index in [-0.39, 0.29) is 23.4 Å². The lowest BCUT2D eigenvalue weighted by Gasteiger charge is -2.32. The number of halogens is 1. The molecule has 0 unspecified atom stereocenters. The second-order valence-corrected chi connectivity index (χ2v) is 10.8. The van der Waals surface area contributed by atoms with Crippen molar-refractivity contribution in [3.05, 3.63) is 65.0 Å². The number of nitrogens with zero attached hydrogens (tertiary/aromatic N) is 1. The van der Waals surface area contributed by atoms with Crippen molar-refractivity contribution in [2.24, 2.45) is 5.92 Å². The van der Waals surface area contributed by atoms with Gasteiger partial charge in [0, 0.05) is 13.1 Å². The quantitative estimate of drug-likeness (QED) is 0.699. The lowest BCUT2D eigenvalue weighted by molar-refractivity contribution is -0.126. The van der Waals surface area contributed by atoms with Gasteiger partial charge in [-0.15, -0.1) is 0 Å². The molecular formula is C25H31FN2O3S. The summed E-state index contributed by atoms with van der Waals surface area (Å²) in [5, 5.41) is 3.17. The highest BCUT2D eigenvalue weighted by Gasteiger charge is 2.34. The van der Waals surface area contributed by atoms with Crippen LogP contribution in [0, 0.1) is 11.7 Å². The van der Waals surface area contributed by atoms with Crippen LogP contribution in [0.5, 0.6) is 0 Å². The van der Waals surface area contributed by atoms with Gasteiger partial charge in [0.05, 0.1) is 16.9 Å². The summed E-state index contributed by atoms with van der Waals surface area (Å²) in [4.78, 5) is 13.2. The normalized spacial score (nSPS) is 20.4. The number of piperidine rings is 1. The maximum Gasteiger partial charge on any atom is 0.243 e. The van der Waals surface area contributed by atoms with Gasteiger partial charge in [-0.25, -0.2) is 12.8 Å². The monoisotopic (exact) mass is 458 g/mol. The third-order valence-corrected chi connectivity index (χ3v) is 8.59. The number of amides is 1. The Hall–Kier alpha value is -2.25. The zero-order valence-corrected chi connectivity index (χ0v) is 19.3. The van der Waals surface area contributed by atoms with E-state index in [0.717, 1.165) is 37.0 Å². The van der Waals surface area contributed by atoms with Gasteiger partial charge < -0.3 is 5.32 Å². The predicted octanol–water partition coefficient (Wildman–Crippen LogP) is 4.37. The molecule has 5 nitrogen and oxygen atoms in total. The molecule has 7 heteroatoms. The van der Waals surface area contributed by atoms with Crippen LogP contribution in [0.25, 0.3) is 0 Å². The first-order chi connectivity index (χ1) is 15.4. The molecule has 1 heterocycles. The van der Waals surface area contributed by atoms with E-state index in [4.69, 9.17) is 0 Å². The minimum Gasteiger partial charge on any atom is -0.349 e. The van der Waals surface area contributed by atoms with Crippen LogP contribution in [0.3, 0.4) is 0 Å². The van der Waals surface area contributed by atoms with Gasteiger partial charge in [-0.2, -0.15) is 4.31 Å². The molecule has 32 heavy (non-hydrogen) atoms. The molecule has 2 aliphatic rings. The number of hydrogen-bond donors (Lipinski definition) is 1. The van der Waals surface area contributed by atoms with Crippen LogP contribution < -0.4 is 5.32 Å². The number of carbonyl (C=O) groups excluding carboxylic acids is 1. The van der Waals surface area contributed by atoms with Gasteiger partial charge in [-0.1, -0.05) is 25.1 Å². The molecule has 2 aromatic carbocycles. The van der Waals surface area contributed by atoms with E-state index in [1.807, 2.05) is 0 Å². The van der Waals surface area contributed by atoms with Crippen molar-refractivity contribution in [2.45, 2.75) is 62.8 Å². The first-order valence-corrected chi connectivity index (χ1v) is 13.0. The Bertz CT molecular complexity index is 1070. The van der Waals surface area contributed by atoms with Crippen LogP contribution in [0.2, 0.25) is 0 Å². The van der Waals surface area contributed by atoms with Gasteiger partial charge >= 0.3 is 0 Å². The van der Waals surface area contributed by atoms with Crippen LogP contribution in [0.1, 0.15) is 61.8 Å². The third-order valence-electron chi connectivity index (χ3n) is 6.71. The summed E-state index contributed by atoms with van der Waals surface area (Å²) < 4.78 is 40.5. The van der Waals surface area contributed by atoms with Crippen molar-refractivity contribution < 1.29 is 17.6 Å². The molecule has 0 aromatic heterocycles. The van der Waals surface area contributed by atoms with E-state index >= 15 is 0 Å². The number of sulfonamides is 1. The fourth-order valence-corrected chi connectivity index (χ4v) is 6.33. The molecule has 1 N–H and O–H groups in total. The smallest absolute Gasteiger partial charge is 0.243 e. The molecule has 1 amide bonds. The average molecular weight is 459 g/mol. The molecule has 0 radical (unpaired) electrons. The molecule has 0 spiro atoms. The first-order valence-electron chi connectivity index (χ1n) is 11.6. The second kappa shape index (κ2) is 9.71. The van der Waals surface area contributed by atoms with Crippen molar-refractivity contribution in [3.8, 4) is 0 Å². The van der Waals surface area contributed by atoms with E-state index < -0.39 is 21.8 Å².